The predicted octanol–water partition coefficient (Wildman–Crippen LogP) is 0.562. The van der Waals surface area contributed by atoms with E-state index in [1.165, 1.54) is 5.40 Å². The number of nitrogens with zero attached hydrogens (tertiary/aromatic N) is 1. The maximum Gasteiger partial charge on any atom is 0.263 e. The number of hydrogen-bond acceptors (Lipinski definition) is 7. The van der Waals surface area contributed by atoms with Gasteiger partial charge in [-0.15, -0.1) is 0 Å². The van der Waals surface area contributed by atoms with Gasteiger partial charge in [-0.05, 0) is 0 Å². The lowest BCUT2D eigenvalue weighted by Gasteiger charge is -1.73. The molecule has 0 aliphatic rings. The van der Waals surface area contributed by atoms with E-state index in [0.29, 0.717) is 0 Å². The monoisotopic (exact) mass is 224 g/mol. The lowest BCUT2D eigenvalue weighted by molar-refractivity contribution is 0.450. The van der Waals surface area contributed by atoms with Crippen molar-refractivity contribution in [3.05, 3.63) is 0 Å². The standard InChI is InChI=1S/CHNS.3H3N.H2O3S2/c2-1-3;;;;1-5(2,3)4/h3H;3*1H3;(H2,1,2,3,4). The van der Waals surface area contributed by atoms with Crippen molar-refractivity contribution in [1.82, 2.24) is 18.5 Å². The van der Waals surface area contributed by atoms with Gasteiger partial charge >= 0.3 is 0 Å². The lowest BCUT2D eigenvalue weighted by atomic mass is 11.8. The highest BCUT2D eigenvalue weighted by atomic mass is 32.9. The molecule has 7 nitrogen and oxygen atoms in total. The van der Waals surface area contributed by atoms with Gasteiger partial charge in [0.1, 0.15) is 5.40 Å². The summed E-state index contributed by atoms with van der Waals surface area (Å²) in [4.78, 5) is 0. The molecule has 72 valence electrons. The third kappa shape index (κ3) is 6420000. The molecule has 0 rings (SSSR count). The second kappa shape index (κ2) is 16.5. The Labute approximate surface area is 75.7 Å². The maximum absolute atomic E-state index is 9.11. The SMILES string of the molecule is N.N.N.N#CS.O=S(O)(O)=S. The first-order valence-corrected chi connectivity index (χ1v) is 3.99. The molecule has 0 aromatic rings. The van der Waals surface area contributed by atoms with Gasteiger partial charge in [0.25, 0.3) is 9.05 Å². The fraction of sp³-hybridized carbons (Fsp3) is 0. The van der Waals surface area contributed by atoms with Crippen LogP contribution in [0.4, 0.5) is 0 Å². The lowest BCUT2D eigenvalue weighted by Crippen LogP contribution is -1.86. The van der Waals surface area contributed by atoms with Crippen LogP contribution in [0.1, 0.15) is 0 Å². The molecule has 0 aliphatic heterocycles. The number of nitriles is 1. The summed E-state index contributed by atoms with van der Waals surface area (Å²) in [6, 6.07) is 0. The van der Waals surface area contributed by atoms with Crippen LogP contribution in [0.2, 0.25) is 0 Å². The Morgan fingerprint density at radius 2 is 1.36 bits per heavy atom. The Kier molecular flexibility index (Phi) is 45.9. The Balaban J connectivity index is -0.0000000183. The van der Waals surface area contributed by atoms with E-state index in [9.17, 15) is 0 Å². The first-order chi connectivity index (χ1) is 3.41. The molecule has 0 aromatic carbocycles. The maximum atomic E-state index is 9.11. The molecular formula is CH12N4O3S3. The van der Waals surface area contributed by atoms with E-state index in [-0.39, 0.29) is 18.5 Å². The largest absolute Gasteiger partial charge is 0.344 e. The zero-order valence-electron chi connectivity index (χ0n) is 5.63. The van der Waals surface area contributed by atoms with E-state index in [4.69, 9.17) is 18.6 Å². The van der Waals surface area contributed by atoms with Crippen molar-refractivity contribution in [2.75, 3.05) is 0 Å². The quantitative estimate of drug-likeness (QED) is 0.254. The molecule has 0 bridgehead atoms. The normalized spacial score (nSPS) is 6.00. The third-order valence-electron chi connectivity index (χ3n) is 0. The number of hydrogen-bond donors (Lipinski definition) is 6. The van der Waals surface area contributed by atoms with Crippen LogP contribution in [-0.4, -0.2) is 13.3 Å². The Bertz CT molecular complexity index is 162. The van der Waals surface area contributed by atoms with Crippen molar-refractivity contribution in [2.24, 2.45) is 0 Å². The van der Waals surface area contributed by atoms with Crippen molar-refractivity contribution >= 4 is 32.9 Å². The van der Waals surface area contributed by atoms with Crippen LogP contribution < -0.4 is 18.5 Å². The molecule has 11 heavy (non-hydrogen) atoms. The van der Waals surface area contributed by atoms with E-state index in [1.807, 2.05) is 0 Å². The van der Waals surface area contributed by atoms with Crippen molar-refractivity contribution in [2.45, 2.75) is 0 Å². The van der Waals surface area contributed by atoms with Gasteiger partial charge < -0.3 is 18.5 Å². The van der Waals surface area contributed by atoms with E-state index in [2.05, 4.69) is 23.8 Å². The summed E-state index contributed by atoms with van der Waals surface area (Å²) in [5.41, 5.74) is 0. The highest BCUT2D eigenvalue weighted by Crippen LogP contribution is 1.62. The first-order valence-electron chi connectivity index (χ1n) is 1.15. The smallest absolute Gasteiger partial charge is 0.263 e. The van der Waals surface area contributed by atoms with Gasteiger partial charge in [0.2, 0.25) is 0 Å². The predicted molar refractivity (Wildman–Crippen MR) is 50.4 cm³/mol. The highest BCUT2D eigenvalue weighted by molar-refractivity contribution is 8.26. The Hall–Kier alpha value is 0.01000. The fourth-order valence-electron chi connectivity index (χ4n) is 0. The molecule has 0 unspecified atom stereocenters. The summed E-state index contributed by atoms with van der Waals surface area (Å²) in [5.74, 6) is 0. The van der Waals surface area contributed by atoms with Gasteiger partial charge in [-0.25, -0.2) is 0 Å². The molecule has 0 saturated carbocycles. The van der Waals surface area contributed by atoms with Gasteiger partial charge in [-0.1, -0.05) is 12.6 Å². The summed E-state index contributed by atoms with van der Waals surface area (Å²) < 4.78 is 24.0. The average molecular weight is 224 g/mol. The summed E-state index contributed by atoms with van der Waals surface area (Å²) in [5, 5.41) is 8.63. The minimum absolute atomic E-state index is 0. The van der Waals surface area contributed by atoms with Crippen molar-refractivity contribution < 1.29 is 13.3 Å². The molecule has 0 atom stereocenters. The fourth-order valence-corrected chi connectivity index (χ4v) is 0. The van der Waals surface area contributed by atoms with E-state index >= 15 is 0 Å². The molecule has 0 heterocycles. The molecular weight excluding hydrogens is 212 g/mol. The Morgan fingerprint density at radius 1 is 1.36 bits per heavy atom. The summed E-state index contributed by atoms with van der Waals surface area (Å²) in [6.07, 6.45) is 0. The Morgan fingerprint density at radius 3 is 1.36 bits per heavy atom. The highest BCUT2D eigenvalue weighted by Gasteiger charge is 1.78. The van der Waals surface area contributed by atoms with Crippen LogP contribution >= 0.6 is 12.6 Å². The van der Waals surface area contributed by atoms with Crippen molar-refractivity contribution in [3.63, 3.8) is 0 Å². The number of thiol groups is 1. The van der Waals surface area contributed by atoms with Crippen molar-refractivity contribution in [3.8, 4) is 5.40 Å². The van der Waals surface area contributed by atoms with Crippen molar-refractivity contribution in [1.29, 1.82) is 5.26 Å². The number of thiocyanates is 1. The summed E-state index contributed by atoms with van der Waals surface area (Å²) in [6.45, 7) is 0. The average Bonchev–Trinajstić information content (AvgIpc) is 1.27. The summed E-state index contributed by atoms with van der Waals surface area (Å²) in [7, 11) is -3.83. The third-order valence-corrected chi connectivity index (χ3v) is 0. The van der Waals surface area contributed by atoms with Crippen LogP contribution in [-0.2, 0) is 20.2 Å². The van der Waals surface area contributed by atoms with E-state index < -0.39 is 9.05 Å². The van der Waals surface area contributed by atoms with Gasteiger partial charge in [-0.3, -0.25) is 9.11 Å². The first kappa shape index (κ1) is 30.5. The minimum Gasteiger partial charge on any atom is -0.344 e. The van der Waals surface area contributed by atoms with Crippen LogP contribution in [0.3, 0.4) is 0 Å². The van der Waals surface area contributed by atoms with Crippen LogP contribution in [0, 0.1) is 10.7 Å². The summed E-state index contributed by atoms with van der Waals surface area (Å²) >= 11 is 6.56. The second-order valence-electron chi connectivity index (χ2n) is 0.548. The number of rotatable bonds is 0. The van der Waals surface area contributed by atoms with E-state index in [1.54, 1.807) is 0 Å². The van der Waals surface area contributed by atoms with Gasteiger partial charge in [0.05, 0.1) is 0 Å². The molecule has 0 aromatic heterocycles. The second-order valence-corrected chi connectivity index (χ2v) is 2.95. The molecule has 0 radical (unpaired) electrons. The zero-order chi connectivity index (χ0) is 7.21. The molecule has 0 fully saturated rings. The molecule has 0 saturated heterocycles. The molecule has 11 N–H and O–H groups in total. The van der Waals surface area contributed by atoms with Gasteiger partial charge in [-0.2, -0.15) is 9.47 Å². The zero-order valence-corrected chi connectivity index (χ0v) is 8.16. The van der Waals surface area contributed by atoms with Gasteiger partial charge in [0, 0.05) is 11.2 Å². The van der Waals surface area contributed by atoms with Crippen LogP contribution in [0.5, 0.6) is 0 Å². The molecule has 0 amide bonds. The van der Waals surface area contributed by atoms with E-state index in [0.717, 1.165) is 0 Å². The van der Waals surface area contributed by atoms with Crippen LogP contribution in [0.25, 0.3) is 0 Å². The molecule has 0 spiro atoms. The molecule has 10 heteroatoms. The topological polar surface area (TPSA) is 186 Å². The van der Waals surface area contributed by atoms with Crippen LogP contribution in [0.15, 0.2) is 0 Å². The van der Waals surface area contributed by atoms with Gasteiger partial charge in [0.15, 0.2) is 0 Å². The molecule has 0 aliphatic carbocycles. The minimum atomic E-state index is -3.83.